The Bertz CT molecular complexity index is 1820. The van der Waals surface area contributed by atoms with Gasteiger partial charge in [-0.25, -0.2) is 4.57 Å². The first-order valence-electron chi connectivity index (χ1n) is 37.8. The number of likely N-dealkylation sites (N-methyl/N-ethyl adjacent to an activating group) is 1. The number of aliphatic hydroxyl groups is 1. The molecule has 8 nitrogen and oxygen atoms in total. The second-order valence-corrected chi connectivity index (χ2v) is 28.1. The maximum atomic E-state index is 13.1. The van der Waals surface area contributed by atoms with Crippen LogP contribution in [0, 0.1) is 0 Å². The van der Waals surface area contributed by atoms with Crippen molar-refractivity contribution in [2.45, 2.75) is 353 Å². The molecule has 9 heteroatoms. The van der Waals surface area contributed by atoms with Gasteiger partial charge in [-0.15, -0.1) is 0 Å². The molecule has 89 heavy (non-hydrogen) atoms. The van der Waals surface area contributed by atoms with Gasteiger partial charge >= 0.3 is 7.82 Å². The normalized spacial score (nSPS) is 14.2. The number of nitrogens with zero attached hydrogens (tertiary/aromatic N) is 1. The molecule has 3 atom stereocenters. The SMILES string of the molecule is CC/C=C\C/C=C\C/C=C\C/C=C\C/C=C\C/C=C\C/C=C\C/C=C\C/C=C\CCCCCCCCCCCC(=O)NC(COP(=O)(O)OCC[N+](C)(C)C)C(O)CCCCCCCCCCCCCCCCCCCCCCCCCCCCCCCC. The van der Waals surface area contributed by atoms with Gasteiger partial charge in [0.15, 0.2) is 0 Å². The predicted octanol–water partition coefficient (Wildman–Crippen LogP) is 24.6. The number of phosphoric acid groups is 1. The number of hydrogen-bond donors (Lipinski definition) is 3. The number of unbranched alkanes of at least 4 members (excludes halogenated alkanes) is 38. The fourth-order valence-corrected chi connectivity index (χ4v) is 11.7. The molecule has 3 N–H and O–H groups in total. The van der Waals surface area contributed by atoms with Crippen LogP contribution in [0.1, 0.15) is 341 Å². The van der Waals surface area contributed by atoms with Crippen molar-refractivity contribution in [1.29, 1.82) is 0 Å². The number of phosphoric ester groups is 1. The van der Waals surface area contributed by atoms with Crippen LogP contribution >= 0.6 is 7.82 Å². The smallest absolute Gasteiger partial charge is 0.391 e. The molecule has 0 fully saturated rings. The lowest BCUT2D eigenvalue weighted by Gasteiger charge is -2.26. The van der Waals surface area contributed by atoms with Crippen LogP contribution in [-0.2, 0) is 18.4 Å². The molecule has 0 radical (unpaired) electrons. The molecule has 3 unspecified atom stereocenters. The Balaban J connectivity index is 4.06. The molecule has 0 spiro atoms. The first-order valence-corrected chi connectivity index (χ1v) is 39.2. The summed E-state index contributed by atoms with van der Waals surface area (Å²) in [5.74, 6) is -0.150. The maximum Gasteiger partial charge on any atom is 0.472 e. The summed E-state index contributed by atoms with van der Waals surface area (Å²) in [5.41, 5.74) is 0. The minimum Gasteiger partial charge on any atom is -0.391 e. The third kappa shape index (κ3) is 72.4. The largest absolute Gasteiger partial charge is 0.472 e. The Hall–Kier alpha value is -2.84. The minimum atomic E-state index is -4.34. The topological polar surface area (TPSA) is 105 Å². The van der Waals surface area contributed by atoms with Gasteiger partial charge in [0.2, 0.25) is 5.91 Å². The van der Waals surface area contributed by atoms with Crippen LogP contribution in [0.25, 0.3) is 0 Å². The van der Waals surface area contributed by atoms with Gasteiger partial charge in [0.05, 0.1) is 39.9 Å². The Morgan fingerprint density at radius 3 is 0.989 bits per heavy atom. The summed E-state index contributed by atoms with van der Waals surface area (Å²) in [6.45, 7) is 4.80. The van der Waals surface area contributed by atoms with Crippen molar-refractivity contribution in [3.63, 3.8) is 0 Å². The quantitative estimate of drug-likeness (QED) is 0.0243. The minimum absolute atomic E-state index is 0.0694. The third-order valence-corrected chi connectivity index (χ3v) is 17.8. The molecular formula is C80H146N2O6P+. The van der Waals surface area contributed by atoms with Gasteiger partial charge in [0.25, 0.3) is 0 Å². The average Bonchev–Trinajstić information content (AvgIpc) is 3.57. The number of allylic oxidation sites excluding steroid dienone is 18. The van der Waals surface area contributed by atoms with E-state index in [9.17, 15) is 19.4 Å². The zero-order valence-electron chi connectivity index (χ0n) is 59.2. The van der Waals surface area contributed by atoms with E-state index in [1.54, 1.807) is 0 Å². The highest BCUT2D eigenvalue weighted by Gasteiger charge is 2.28. The number of carbonyl (C=O) groups excluding carboxylic acids is 1. The van der Waals surface area contributed by atoms with Gasteiger partial charge in [0.1, 0.15) is 13.2 Å². The number of rotatable bonds is 69. The van der Waals surface area contributed by atoms with E-state index < -0.39 is 20.0 Å². The van der Waals surface area contributed by atoms with Gasteiger partial charge in [-0.05, 0) is 83.5 Å². The first kappa shape index (κ1) is 86.2. The van der Waals surface area contributed by atoms with Crippen molar-refractivity contribution in [1.82, 2.24) is 5.32 Å². The highest BCUT2D eigenvalue weighted by Crippen LogP contribution is 2.43. The van der Waals surface area contributed by atoms with E-state index in [4.69, 9.17) is 9.05 Å². The zero-order chi connectivity index (χ0) is 64.8. The van der Waals surface area contributed by atoms with E-state index >= 15 is 0 Å². The summed E-state index contributed by atoms with van der Waals surface area (Å²) in [5, 5.41) is 14.2. The molecule has 0 aliphatic rings. The van der Waals surface area contributed by atoms with Crippen LogP contribution < -0.4 is 5.32 Å². The van der Waals surface area contributed by atoms with Gasteiger partial charge in [-0.3, -0.25) is 13.8 Å². The van der Waals surface area contributed by atoms with E-state index in [1.165, 1.54) is 212 Å². The summed E-state index contributed by atoms with van der Waals surface area (Å²) in [6.07, 6.45) is 102. The monoisotopic (exact) mass is 1260 g/mol. The van der Waals surface area contributed by atoms with E-state index in [2.05, 4.69) is 129 Å². The number of aliphatic hydroxyl groups excluding tert-OH is 1. The van der Waals surface area contributed by atoms with Gasteiger partial charge < -0.3 is 19.8 Å². The fraction of sp³-hybridized carbons (Fsp3) is 0.762. The molecule has 0 aliphatic carbocycles. The van der Waals surface area contributed by atoms with Crippen molar-refractivity contribution in [2.75, 3.05) is 40.9 Å². The van der Waals surface area contributed by atoms with Gasteiger partial charge in [0, 0.05) is 6.42 Å². The van der Waals surface area contributed by atoms with E-state index in [1.807, 2.05) is 21.1 Å². The highest BCUT2D eigenvalue weighted by molar-refractivity contribution is 7.47. The number of hydrogen-bond acceptors (Lipinski definition) is 5. The summed E-state index contributed by atoms with van der Waals surface area (Å²) in [6, 6.07) is -0.774. The van der Waals surface area contributed by atoms with Crippen molar-refractivity contribution in [3.05, 3.63) is 109 Å². The molecule has 1 amide bonds. The van der Waals surface area contributed by atoms with Crippen LogP contribution in [0.5, 0.6) is 0 Å². The molecule has 0 saturated heterocycles. The Labute approximate surface area is 552 Å². The van der Waals surface area contributed by atoms with Crippen molar-refractivity contribution < 1.29 is 32.9 Å². The molecule has 0 aromatic heterocycles. The number of nitrogens with one attached hydrogen (secondary N) is 1. The van der Waals surface area contributed by atoms with Crippen LogP contribution in [0.3, 0.4) is 0 Å². The molecule has 0 aromatic rings. The molecular weight excluding hydrogens is 1120 g/mol. The summed E-state index contributed by atoms with van der Waals surface area (Å²) in [4.78, 5) is 23.5. The van der Waals surface area contributed by atoms with E-state index in [0.29, 0.717) is 23.9 Å². The van der Waals surface area contributed by atoms with Gasteiger partial charge in [-0.1, -0.05) is 361 Å². The summed E-state index contributed by atoms with van der Waals surface area (Å²) >= 11 is 0. The van der Waals surface area contributed by atoms with Crippen LogP contribution in [0.15, 0.2) is 109 Å². The van der Waals surface area contributed by atoms with Crippen LogP contribution in [0.2, 0.25) is 0 Å². The van der Waals surface area contributed by atoms with E-state index in [0.717, 1.165) is 103 Å². The van der Waals surface area contributed by atoms with Crippen LogP contribution in [0.4, 0.5) is 0 Å². The predicted molar refractivity (Wildman–Crippen MR) is 392 cm³/mol. The third-order valence-electron chi connectivity index (χ3n) is 16.8. The second kappa shape index (κ2) is 69.5. The Morgan fingerprint density at radius 2 is 0.674 bits per heavy atom. The molecule has 0 aromatic carbocycles. The van der Waals surface area contributed by atoms with Crippen molar-refractivity contribution in [2.24, 2.45) is 0 Å². The molecule has 516 valence electrons. The number of amides is 1. The molecule has 0 aliphatic heterocycles. The first-order chi connectivity index (χ1) is 43.5. The van der Waals surface area contributed by atoms with E-state index in [-0.39, 0.29) is 19.1 Å². The molecule has 0 bridgehead atoms. The lowest BCUT2D eigenvalue weighted by Crippen LogP contribution is -2.46. The molecule has 0 rings (SSSR count). The fourth-order valence-electron chi connectivity index (χ4n) is 11.0. The second-order valence-electron chi connectivity index (χ2n) is 26.7. The van der Waals surface area contributed by atoms with Gasteiger partial charge in [-0.2, -0.15) is 0 Å². The van der Waals surface area contributed by atoms with Crippen LogP contribution in [-0.4, -0.2) is 73.4 Å². The summed E-state index contributed by atoms with van der Waals surface area (Å²) in [7, 11) is 1.61. The molecule has 0 saturated carbocycles. The Kier molecular flexibility index (Phi) is 67.3. The maximum absolute atomic E-state index is 13.1. The lowest BCUT2D eigenvalue weighted by atomic mass is 10.0. The molecule has 0 heterocycles. The Morgan fingerprint density at radius 1 is 0.393 bits per heavy atom. The van der Waals surface area contributed by atoms with Crippen molar-refractivity contribution >= 4 is 13.7 Å². The van der Waals surface area contributed by atoms with Crippen molar-refractivity contribution in [3.8, 4) is 0 Å². The number of quaternary nitrogens is 1. The lowest BCUT2D eigenvalue weighted by molar-refractivity contribution is -0.870. The number of carbonyl (C=O) groups is 1. The zero-order valence-corrected chi connectivity index (χ0v) is 60.0. The highest BCUT2D eigenvalue weighted by atomic mass is 31.2. The summed E-state index contributed by atoms with van der Waals surface area (Å²) < 4.78 is 23.9. The average molecular weight is 1260 g/mol. The standard InChI is InChI=1S/C80H145N2O6P/c1-6-8-10-12-14-16-18-20-22-24-26-28-30-32-34-36-38-39-40-41-42-43-44-46-48-50-52-54-56-58-60-62-64-66-68-70-72-74-80(84)81-78(77-88-89(85,86)87-76-75-82(3,4)5)79(83)73-71-69-67-65-63-61-59-57-55-53-51-49-47-45-37-35-33-31-29-27-25-23-21-19-17-15-13-11-9-7-2/h8,10,14,16,20,22,26,28,32,34,38-39,41-42,44,46,50,52,78-79,83H,6-7,9,11-13,15,17-19,21,23-25,27,29-31,33,35-37,40,43,45,47-49,51,53-77H2,1-5H3,(H-,81,84,85,86)/p+1/b10-8-,16-14-,22-20-,28-26-,34-32-,39-38-,42-41-,46-44-,52-50-.